The van der Waals surface area contributed by atoms with E-state index in [2.05, 4.69) is 267 Å². The first-order valence-corrected chi connectivity index (χ1v) is 24.8. The Hall–Kier alpha value is -9.12. The molecular weight excluding hydrogens is 873 g/mol. The molecule has 4 heteroatoms. The lowest BCUT2D eigenvalue weighted by Gasteiger charge is -2.20. The van der Waals surface area contributed by atoms with E-state index in [1.165, 1.54) is 0 Å². The Morgan fingerprint density at radius 2 is 0.333 bits per heavy atom. The van der Waals surface area contributed by atoms with Crippen LogP contribution in [0.5, 0.6) is 0 Å². The highest BCUT2D eigenvalue weighted by atomic mass is 14.8. The molecule has 0 heterocycles. The van der Waals surface area contributed by atoms with Gasteiger partial charge in [-0.3, -0.25) is 0 Å². The molecule has 0 aromatic heterocycles. The first-order chi connectivity index (χ1) is 35.7. The van der Waals surface area contributed by atoms with E-state index in [9.17, 15) is 0 Å². The summed E-state index contributed by atoms with van der Waals surface area (Å²) in [5, 5.41) is 0. The quantitative estimate of drug-likeness (QED) is 0.110. The smallest absolute Gasteiger partial charge is 0.0781 e. The minimum Gasteiger partial charge on any atom is -0.247 e. The zero-order chi connectivity index (χ0) is 48.3. The third-order valence-electron chi connectivity index (χ3n) is 13.2. The van der Waals surface area contributed by atoms with Crippen LogP contribution in [0.25, 0.3) is 0 Å². The highest BCUT2D eigenvalue weighted by molar-refractivity contribution is 6.16. The molecule has 0 saturated carbocycles. The molecule has 0 unspecified atom stereocenters. The monoisotopic (exact) mass is 924 g/mol. The van der Waals surface area contributed by atoms with Gasteiger partial charge in [-0.05, 0) is 72.2 Å². The van der Waals surface area contributed by atoms with E-state index < -0.39 is 0 Å². The Bertz CT molecular complexity index is 2900. The molecule has 0 atom stereocenters. The van der Waals surface area contributed by atoms with Gasteiger partial charge in [0.1, 0.15) is 0 Å². The van der Waals surface area contributed by atoms with Gasteiger partial charge >= 0.3 is 0 Å². The SMILES string of the molecule is c1ccc(C(=Nc2cc3c(N=C(c4ccccc4)c4ccccc4)cc2CCc2cc(N=C(c4ccccc4)c4ccccc4)c(cc2N=C(c2ccccc2)c2ccccc2)CC3)c2ccccc2)cc1. The molecule has 0 saturated heterocycles. The molecule has 10 aromatic rings. The summed E-state index contributed by atoms with van der Waals surface area (Å²) >= 11 is 0. The lowest BCUT2D eigenvalue weighted by molar-refractivity contribution is 0.920. The minimum absolute atomic E-state index is 0.672. The second-order valence-electron chi connectivity index (χ2n) is 18.0. The molecule has 0 radical (unpaired) electrons. The largest absolute Gasteiger partial charge is 0.247 e. The minimum atomic E-state index is 0.672. The predicted molar refractivity (Wildman–Crippen MR) is 300 cm³/mol. The van der Waals surface area contributed by atoms with Gasteiger partial charge in [0.05, 0.1) is 45.6 Å². The molecular formula is C68H52N4. The fourth-order valence-electron chi connectivity index (χ4n) is 9.52. The van der Waals surface area contributed by atoms with Crippen LogP contribution in [0.2, 0.25) is 0 Å². The summed E-state index contributed by atoms with van der Waals surface area (Å²) in [7, 11) is 0. The fraction of sp³-hybridized carbons (Fsp3) is 0.0588. The maximum atomic E-state index is 5.68. The second-order valence-corrected chi connectivity index (χ2v) is 18.0. The van der Waals surface area contributed by atoms with Crippen LogP contribution in [0.3, 0.4) is 0 Å². The lowest BCUT2D eigenvalue weighted by Crippen LogP contribution is -2.07. The van der Waals surface area contributed by atoms with Crippen molar-refractivity contribution in [1.29, 1.82) is 0 Å². The van der Waals surface area contributed by atoms with Crippen molar-refractivity contribution in [3.8, 4) is 0 Å². The van der Waals surface area contributed by atoms with E-state index in [1.807, 2.05) is 0 Å². The molecule has 14 rings (SSSR count). The molecule has 4 nitrogen and oxygen atoms in total. The molecule has 0 aliphatic heterocycles. The zero-order valence-electron chi connectivity index (χ0n) is 40.0. The Morgan fingerprint density at radius 1 is 0.194 bits per heavy atom. The molecule has 10 aromatic carbocycles. The third-order valence-corrected chi connectivity index (χ3v) is 13.2. The van der Waals surface area contributed by atoms with E-state index in [0.29, 0.717) is 25.7 Å². The Labute approximate surface area is 422 Å². The molecule has 4 aliphatic rings. The predicted octanol–water partition coefficient (Wildman–Crippen LogP) is 16.2. The average molecular weight is 925 g/mol. The topological polar surface area (TPSA) is 49.4 Å². The van der Waals surface area contributed by atoms with Gasteiger partial charge < -0.3 is 0 Å². The van der Waals surface area contributed by atoms with E-state index in [-0.39, 0.29) is 0 Å². The molecule has 0 fully saturated rings. The van der Waals surface area contributed by atoms with Crippen molar-refractivity contribution >= 4 is 45.6 Å². The molecule has 344 valence electrons. The maximum absolute atomic E-state index is 5.68. The maximum Gasteiger partial charge on any atom is 0.0781 e. The molecule has 4 aliphatic carbocycles. The summed E-state index contributed by atoms with van der Waals surface area (Å²) in [6, 6.07) is 93.6. The third kappa shape index (κ3) is 10.4. The zero-order valence-corrected chi connectivity index (χ0v) is 40.0. The first kappa shape index (κ1) is 45.3. The van der Waals surface area contributed by atoms with Crippen molar-refractivity contribution in [2.24, 2.45) is 20.0 Å². The van der Waals surface area contributed by atoms with Crippen molar-refractivity contribution in [2.75, 3.05) is 0 Å². The fourth-order valence-corrected chi connectivity index (χ4v) is 9.52. The van der Waals surface area contributed by atoms with Crippen LogP contribution in [-0.4, -0.2) is 22.8 Å². The number of aliphatic imine (C=N–C) groups is 4. The van der Waals surface area contributed by atoms with Gasteiger partial charge in [-0.25, -0.2) is 20.0 Å². The van der Waals surface area contributed by atoms with Crippen molar-refractivity contribution in [2.45, 2.75) is 25.7 Å². The van der Waals surface area contributed by atoms with Crippen LogP contribution in [0, 0.1) is 0 Å². The van der Waals surface area contributed by atoms with Gasteiger partial charge in [0.2, 0.25) is 0 Å². The van der Waals surface area contributed by atoms with Gasteiger partial charge in [0.25, 0.3) is 0 Å². The number of nitrogens with zero attached hydrogens (tertiary/aromatic N) is 4. The molecule has 0 N–H and O–H groups in total. The summed E-state index contributed by atoms with van der Waals surface area (Å²) in [4.78, 5) is 22.7. The van der Waals surface area contributed by atoms with E-state index in [0.717, 1.165) is 112 Å². The van der Waals surface area contributed by atoms with Gasteiger partial charge in [-0.1, -0.05) is 243 Å². The van der Waals surface area contributed by atoms with Crippen molar-refractivity contribution in [1.82, 2.24) is 0 Å². The summed E-state index contributed by atoms with van der Waals surface area (Å²) in [6.45, 7) is 0. The Balaban J connectivity index is 1.16. The van der Waals surface area contributed by atoms with Crippen LogP contribution in [0.15, 0.2) is 287 Å². The number of benzene rings is 10. The highest BCUT2D eigenvalue weighted by Crippen LogP contribution is 2.39. The lowest BCUT2D eigenvalue weighted by atomic mass is 9.91. The van der Waals surface area contributed by atoms with Crippen LogP contribution in [0.4, 0.5) is 22.7 Å². The highest BCUT2D eigenvalue weighted by Gasteiger charge is 2.21. The molecule has 4 bridgehead atoms. The number of aryl methyl sites for hydroxylation is 4. The van der Waals surface area contributed by atoms with Crippen LogP contribution in [-0.2, 0) is 25.7 Å². The van der Waals surface area contributed by atoms with Crippen LogP contribution >= 0.6 is 0 Å². The number of rotatable bonds is 12. The van der Waals surface area contributed by atoms with Crippen LogP contribution in [0.1, 0.15) is 66.8 Å². The van der Waals surface area contributed by atoms with Crippen molar-refractivity contribution in [3.05, 3.63) is 334 Å². The van der Waals surface area contributed by atoms with Crippen molar-refractivity contribution < 1.29 is 0 Å². The molecule has 72 heavy (non-hydrogen) atoms. The summed E-state index contributed by atoms with van der Waals surface area (Å²) in [6.07, 6.45) is 2.69. The summed E-state index contributed by atoms with van der Waals surface area (Å²) < 4.78 is 0. The Kier molecular flexibility index (Phi) is 13.6. The van der Waals surface area contributed by atoms with Gasteiger partial charge in [0, 0.05) is 44.5 Å². The van der Waals surface area contributed by atoms with E-state index >= 15 is 0 Å². The van der Waals surface area contributed by atoms with Gasteiger partial charge in [0.15, 0.2) is 0 Å². The van der Waals surface area contributed by atoms with Crippen LogP contribution < -0.4 is 0 Å². The van der Waals surface area contributed by atoms with E-state index in [4.69, 9.17) is 20.0 Å². The molecule has 0 amide bonds. The number of hydrogen-bond donors (Lipinski definition) is 0. The summed E-state index contributed by atoms with van der Waals surface area (Å²) in [5.41, 5.74) is 20.4. The molecule has 0 spiro atoms. The van der Waals surface area contributed by atoms with Gasteiger partial charge in [-0.15, -0.1) is 0 Å². The Morgan fingerprint density at radius 3 is 0.472 bits per heavy atom. The normalized spacial score (nSPS) is 11.7. The average Bonchev–Trinajstić information content (AvgIpc) is 3.45. The number of hydrogen-bond acceptors (Lipinski definition) is 4. The van der Waals surface area contributed by atoms with E-state index in [1.54, 1.807) is 0 Å². The first-order valence-electron chi connectivity index (χ1n) is 24.8. The standard InChI is InChI=1S/C68H52N4/c1-9-25-49(26-10-1)65(50-27-11-2-12-28-50)69-61-45-58-43-44-60-48-63(71-67(53-33-17-5-18-34-53)54-35-19-6-20-36-54)59(47-64(60)72-68(55-37-21-7-22-38-55)56-39-23-8-24-40-56)42-41-57(61)46-62(58)70-66(51-29-13-3-14-30-51)52-31-15-4-16-32-52/h1-40,45-48H,41-44H2. The summed E-state index contributed by atoms with van der Waals surface area (Å²) in [5.74, 6) is 0. The second kappa shape index (κ2) is 21.7. The van der Waals surface area contributed by atoms with Gasteiger partial charge in [-0.2, -0.15) is 0 Å². The van der Waals surface area contributed by atoms with Crippen molar-refractivity contribution in [3.63, 3.8) is 0 Å².